The van der Waals surface area contributed by atoms with Gasteiger partial charge >= 0.3 is 0 Å². The van der Waals surface area contributed by atoms with Crippen LogP contribution < -0.4 is 11.1 Å². The second-order valence-electron chi connectivity index (χ2n) is 5.56. The van der Waals surface area contributed by atoms with Gasteiger partial charge in [0.15, 0.2) is 4.90 Å². The molecule has 1 aliphatic rings. The molecule has 2 rings (SSSR count). The summed E-state index contributed by atoms with van der Waals surface area (Å²) in [5.41, 5.74) is 6.48. The number of nitrogens with zero attached hydrogens (tertiary/aromatic N) is 1. The molecule has 1 saturated heterocycles. The second-order valence-corrected chi connectivity index (χ2v) is 7.13. The fraction of sp³-hybridized carbons (Fsp3) is 0.562. The summed E-state index contributed by atoms with van der Waals surface area (Å²) in [5, 5.41) is 3.27. The lowest BCUT2D eigenvalue weighted by molar-refractivity contribution is -0.123. The van der Waals surface area contributed by atoms with Gasteiger partial charge in [-0.1, -0.05) is 25.5 Å². The summed E-state index contributed by atoms with van der Waals surface area (Å²) < 4.78 is 12.1. The highest BCUT2D eigenvalue weighted by molar-refractivity contribution is 7.91. The van der Waals surface area contributed by atoms with Crippen molar-refractivity contribution >= 4 is 17.1 Å². The van der Waals surface area contributed by atoms with E-state index in [0.29, 0.717) is 5.75 Å². The molecule has 3 N–H and O–H groups in total. The first-order valence-electron chi connectivity index (χ1n) is 7.86. The third kappa shape index (κ3) is 4.46. The van der Waals surface area contributed by atoms with Crippen LogP contribution in [0, 0.1) is 0 Å². The minimum Gasteiger partial charge on any atom is -0.611 e. The third-order valence-corrected chi connectivity index (χ3v) is 5.39. The maximum Gasteiger partial charge on any atom is 0.239 e. The van der Waals surface area contributed by atoms with E-state index in [1.165, 1.54) is 0 Å². The maximum atomic E-state index is 12.1. The Kier molecular flexibility index (Phi) is 6.70. The summed E-state index contributed by atoms with van der Waals surface area (Å²) in [7, 11) is 0. The van der Waals surface area contributed by atoms with Gasteiger partial charge in [-0.2, -0.15) is 0 Å². The molecule has 1 aromatic carbocycles. The number of nitrogens with one attached hydrogen (secondary N) is 1. The lowest BCUT2D eigenvalue weighted by atomic mass is 10.0. The van der Waals surface area contributed by atoms with Crippen LogP contribution in [0.2, 0.25) is 0 Å². The topological polar surface area (TPSA) is 81.4 Å². The minimum atomic E-state index is -0.960. The zero-order chi connectivity index (χ0) is 15.9. The van der Waals surface area contributed by atoms with Crippen molar-refractivity contribution in [2.45, 2.75) is 30.7 Å². The smallest absolute Gasteiger partial charge is 0.239 e. The lowest BCUT2D eigenvalue weighted by Gasteiger charge is -2.33. The van der Waals surface area contributed by atoms with Crippen LogP contribution in [-0.2, 0) is 16.0 Å². The van der Waals surface area contributed by atoms with Gasteiger partial charge in [0, 0.05) is 26.2 Å². The average molecular weight is 323 g/mol. The Labute approximate surface area is 135 Å². The summed E-state index contributed by atoms with van der Waals surface area (Å²) in [5.74, 6) is 0.356. The number of unbranched alkanes of at least 4 members (excludes halogenated alkanes) is 1. The normalized spacial score (nSPS) is 18.8. The largest absolute Gasteiger partial charge is 0.611 e. The van der Waals surface area contributed by atoms with E-state index in [9.17, 15) is 9.35 Å². The number of carbonyl (C=O) groups excluding carboxylic acids is 1. The number of primary amides is 1. The number of benzene rings is 1. The monoisotopic (exact) mass is 323 g/mol. The van der Waals surface area contributed by atoms with Gasteiger partial charge < -0.3 is 15.6 Å². The van der Waals surface area contributed by atoms with Gasteiger partial charge in [0.2, 0.25) is 5.91 Å². The molecular formula is C16H25N3O2S. The molecule has 1 heterocycles. The van der Waals surface area contributed by atoms with Gasteiger partial charge in [0.05, 0.1) is 0 Å². The van der Waals surface area contributed by atoms with Crippen LogP contribution >= 0.6 is 0 Å². The molecule has 1 aliphatic heterocycles. The summed E-state index contributed by atoms with van der Waals surface area (Å²) in [6.07, 6.45) is 2.00. The van der Waals surface area contributed by atoms with Crippen molar-refractivity contribution in [3.63, 3.8) is 0 Å². The standard InChI is InChI=1S/C16H25N3O2S/c1-2-3-12-22(21)14-6-4-13(5-7-14)15(16(17)20)19-10-8-18-9-11-19/h4-7,15,18H,2-3,8-12H2,1H3,(H2,17,20). The van der Waals surface area contributed by atoms with Gasteiger partial charge in [-0.3, -0.25) is 9.69 Å². The lowest BCUT2D eigenvalue weighted by Crippen LogP contribution is -2.48. The SMILES string of the molecule is CCCC[S+]([O-])c1ccc(C(C(N)=O)N2CCNCC2)cc1. The Morgan fingerprint density at radius 2 is 2.00 bits per heavy atom. The van der Waals surface area contributed by atoms with Crippen LogP contribution in [0.3, 0.4) is 0 Å². The number of hydrogen-bond donors (Lipinski definition) is 2. The third-order valence-electron chi connectivity index (χ3n) is 3.93. The quantitative estimate of drug-likeness (QED) is 0.734. The van der Waals surface area contributed by atoms with E-state index in [0.717, 1.165) is 49.5 Å². The van der Waals surface area contributed by atoms with E-state index in [1.807, 2.05) is 24.3 Å². The molecule has 0 aliphatic carbocycles. The first kappa shape index (κ1) is 17.3. The fourth-order valence-electron chi connectivity index (χ4n) is 2.69. The van der Waals surface area contributed by atoms with Crippen LogP contribution in [0.4, 0.5) is 0 Å². The van der Waals surface area contributed by atoms with Crippen molar-refractivity contribution in [2.75, 3.05) is 31.9 Å². The van der Waals surface area contributed by atoms with E-state index in [-0.39, 0.29) is 5.91 Å². The Bertz CT molecular complexity index is 475. The molecule has 0 radical (unpaired) electrons. The molecule has 1 aromatic rings. The first-order chi connectivity index (χ1) is 10.6. The van der Waals surface area contributed by atoms with E-state index >= 15 is 0 Å². The molecule has 0 bridgehead atoms. The average Bonchev–Trinajstić information content (AvgIpc) is 2.54. The Morgan fingerprint density at radius 3 is 2.55 bits per heavy atom. The Hall–Kier alpha value is -1.08. The second kappa shape index (κ2) is 8.53. The van der Waals surface area contributed by atoms with Gasteiger partial charge in [0.25, 0.3) is 0 Å². The van der Waals surface area contributed by atoms with Crippen LogP contribution in [0.5, 0.6) is 0 Å². The molecule has 0 spiro atoms. The van der Waals surface area contributed by atoms with E-state index < -0.39 is 17.2 Å². The molecule has 0 saturated carbocycles. The summed E-state index contributed by atoms with van der Waals surface area (Å²) >= 11 is -0.960. The van der Waals surface area contributed by atoms with Crippen LogP contribution in [-0.4, -0.2) is 47.3 Å². The molecule has 0 aromatic heterocycles. The van der Waals surface area contributed by atoms with E-state index in [2.05, 4.69) is 17.1 Å². The van der Waals surface area contributed by atoms with Crippen molar-refractivity contribution in [1.82, 2.24) is 10.2 Å². The van der Waals surface area contributed by atoms with Crippen molar-refractivity contribution < 1.29 is 9.35 Å². The molecule has 22 heavy (non-hydrogen) atoms. The Morgan fingerprint density at radius 1 is 1.36 bits per heavy atom. The number of nitrogens with two attached hydrogens (primary N) is 1. The molecule has 122 valence electrons. The number of carbonyl (C=O) groups is 1. The van der Waals surface area contributed by atoms with Crippen molar-refractivity contribution in [1.29, 1.82) is 0 Å². The summed E-state index contributed by atoms with van der Waals surface area (Å²) in [4.78, 5) is 14.8. The molecule has 6 heteroatoms. The summed E-state index contributed by atoms with van der Waals surface area (Å²) in [6.45, 7) is 5.42. The highest BCUT2D eigenvalue weighted by Gasteiger charge is 2.27. The van der Waals surface area contributed by atoms with Crippen LogP contribution in [0.1, 0.15) is 31.4 Å². The zero-order valence-corrected chi connectivity index (χ0v) is 13.9. The molecular weight excluding hydrogens is 298 g/mol. The van der Waals surface area contributed by atoms with Crippen molar-refractivity contribution in [3.05, 3.63) is 29.8 Å². The maximum absolute atomic E-state index is 12.1. The number of hydrogen-bond acceptors (Lipinski definition) is 4. The first-order valence-corrected chi connectivity index (χ1v) is 9.17. The fourth-order valence-corrected chi connectivity index (χ4v) is 3.92. The van der Waals surface area contributed by atoms with Gasteiger partial charge in [-0.05, 0) is 35.3 Å². The number of amides is 1. The van der Waals surface area contributed by atoms with Crippen LogP contribution in [0.25, 0.3) is 0 Å². The van der Waals surface area contributed by atoms with Crippen molar-refractivity contribution in [2.24, 2.45) is 5.73 Å². The molecule has 1 fully saturated rings. The zero-order valence-electron chi connectivity index (χ0n) is 13.1. The van der Waals surface area contributed by atoms with Gasteiger partial charge in [-0.25, -0.2) is 0 Å². The van der Waals surface area contributed by atoms with E-state index in [4.69, 9.17) is 5.73 Å². The van der Waals surface area contributed by atoms with E-state index in [1.54, 1.807) is 0 Å². The molecule has 2 unspecified atom stereocenters. The van der Waals surface area contributed by atoms with Gasteiger partial charge in [0.1, 0.15) is 11.8 Å². The number of piperazine rings is 1. The molecule has 2 atom stereocenters. The highest BCUT2D eigenvalue weighted by Crippen LogP contribution is 2.23. The predicted molar refractivity (Wildman–Crippen MR) is 89.0 cm³/mol. The van der Waals surface area contributed by atoms with Crippen LogP contribution in [0.15, 0.2) is 29.2 Å². The Balaban J connectivity index is 2.10. The molecule has 5 nitrogen and oxygen atoms in total. The minimum absolute atomic E-state index is 0.332. The predicted octanol–water partition coefficient (Wildman–Crippen LogP) is 1.03. The van der Waals surface area contributed by atoms with Gasteiger partial charge in [-0.15, -0.1) is 0 Å². The summed E-state index contributed by atoms with van der Waals surface area (Å²) in [6, 6.07) is 7.09. The number of rotatable bonds is 7. The highest BCUT2D eigenvalue weighted by atomic mass is 32.2. The molecule has 1 amide bonds. The van der Waals surface area contributed by atoms with Crippen molar-refractivity contribution in [3.8, 4) is 0 Å².